The zero-order valence-corrected chi connectivity index (χ0v) is 10.1. The molecule has 0 radical (unpaired) electrons. The van der Waals surface area contributed by atoms with Crippen molar-refractivity contribution in [1.82, 2.24) is 9.80 Å². The molecule has 2 heterocycles. The van der Waals surface area contributed by atoms with Crippen molar-refractivity contribution in [3.05, 3.63) is 0 Å². The van der Waals surface area contributed by atoms with Gasteiger partial charge in [-0.15, -0.1) is 0 Å². The third-order valence-corrected chi connectivity index (χ3v) is 3.34. The van der Waals surface area contributed by atoms with Crippen molar-refractivity contribution in [2.24, 2.45) is 5.73 Å². The van der Waals surface area contributed by atoms with Crippen LogP contribution in [-0.4, -0.2) is 60.1 Å². The number of hydrogen-bond acceptors (Lipinski definition) is 4. The Morgan fingerprint density at radius 2 is 1.88 bits per heavy atom. The maximum Gasteiger partial charge on any atom is 0.410 e. The summed E-state index contributed by atoms with van der Waals surface area (Å²) >= 11 is 0. The lowest BCUT2D eigenvalue weighted by atomic mass is 10.3. The molecule has 6 nitrogen and oxygen atoms in total. The van der Waals surface area contributed by atoms with Crippen LogP contribution in [0.1, 0.15) is 19.8 Å². The average Bonchev–Trinajstić information content (AvgIpc) is 2.86. The number of ether oxygens (including phenoxy) is 1. The van der Waals surface area contributed by atoms with Gasteiger partial charge in [0.1, 0.15) is 6.10 Å². The first kappa shape index (κ1) is 12.2. The minimum Gasteiger partial charge on any atom is -0.444 e. The van der Waals surface area contributed by atoms with E-state index in [2.05, 4.69) is 0 Å². The standard InChI is InChI=1S/C11H19N3O3/c1-8(15)13-5-3-10(7-13)17-11(16)14-4-2-9(12)6-14/h9-10H,2-7,12H2,1H3. The number of nitrogens with two attached hydrogens (primary N) is 1. The van der Waals surface area contributed by atoms with Crippen molar-refractivity contribution in [3.8, 4) is 0 Å². The Kier molecular flexibility index (Phi) is 3.51. The Hall–Kier alpha value is -1.30. The van der Waals surface area contributed by atoms with Crippen molar-refractivity contribution in [2.45, 2.75) is 31.9 Å². The summed E-state index contributed by atoms with van der Waals surface area (Å²) in [5, 5.41) is 0. The molecule has 0 aromatic heterocycles. The first-order chi connectivity index (χ1) is 8.06. The van der Waals surface area contributed by atoms with Crippen molar-refractivity contribution < 1.29 is 14.3 Å². The van der Waals surface area contributed by atoms with Crippen molar-refractivity contribution in [3.63, 3.8) is 0 Å². The van der Waals surface area contributed by atoms with Crippen LogP contribution in [0.3, 0.4) is 0 Å². The van der Waals surface area contributed by atoms with Crippen molar-refractivity contribution in [1.29, 1.82) is 0 Å². The van der Waals surface area contributed by atoms with Gasteiger partial charge >= 0.3 is 6.09 Å². The molecule has 2 amide bonds. The molecule has 96 valence electrons. The van der Waals surface area contributed by atoms with Crippen LogP contribution >= 0.6 is 0 Å². The molecule has 6 heteroatoms. The Labute approximate surface area is 101 Å². The van der Waals surface area contributed by atoms with Gasteiger partial charge in [0.25, 0.3) is 0 Å². The molecule has 2 rings (SSSR count). The van der Waals surface area contributed by atoms with E-state index in [4.69, 9.17) is 10.5 Å². The molecule has 2 saturated heterocycles. The van der Waals surface area contributed by atoms with E-state index in [1.807, 2.05) is 0 Å². The predicted octanol–water partition coefficient (Wildman–Crippen LogP) is -0.223. The van der Waals surface area contributed by atoms with E-state index in [1.165, 1.54) is 6.92 Å². The second-order valence-electron chi connectivity index (χ2n) is 4.75. The summed E-state index contributed by atoms with van der Waals surface area (Å²) in [5.74, 6) is 0.0340. The van der Waals surface area contributed by atoms with Crippen LogP contribution in [0.4, 0.5) is 4.79 Å². The van der Waals surface area contributed by atoms with Gasteiger partial charge < -0.3 is 20.3 Å². The van der Waals surface area contributed by atoms with Gasteiger partial charge in [0.2, 0.25) is 5.91 Å². The van der Waals surface area contributed by atoms with Crippen LogP contribution in [0.25, 0.3) is 0 Å². The van der Waals surface area contributed by atoms with Crippen LogP contribution < -0.4 is 5.73 Å². The quantitative estimate of drug-likeness (QED) is 0.688. The van der Waals surface area contributed by atoms with Gasteiger partial charge in [0.05, 0.1) is 6.54 Å². The summed E-state index contributed by atoms with van der Waals surface area (Å²) in [6.07, 6.45) is 1.10. The van der Waals surface area contributed by atoms with E-state index in [1.54, 1.807) is 9.80 Å². The number of nitrogens with zero attached hydrogens (tertiary/aromatic N) is 2. The molecule has 0 bridgehead atoms. The van der Waals surface area contributed by atoms with E-state index >= 15 is 0 Å². The fourth-order valence-electron chi connectivity index (χ4n) is 2.28. The molecule has 2 aliphatic rings. The maximum atomic E-state index is 11.8. The highest BCUT2D eigenvalue weighted by Gasteiger charge is 2.30. The topological polar surface area (TPSA) is 75.9 Å². The number of rotatable bonds is 1. The molecule has 0 spiro atoms. The molecule has 0 aromatic carbocycles. The molecule has 2 fully saturated rings. The van der Waals surface area contributed by atoms with Gasteiger partial charge in [0.15, 0.2) is 0 Å². The zero-order chi connectivity index (χ0) is 12.4. The van der Waals surface area contributed by atoms with Gasteiger partial charge in [-0.25, -0.2) is 4.79 Å². The molecule has 0 aromatic rings. The normalized spacial score (nSPS) is 28.6. The summed E-state index contributed by atoms with van der Waals surface area (Å²) in [6, 6.07) is 0.0693. The van der Waals surface area contributed by atoms with Gasteiger partial charge in [-0.3, -0.25) is 4.79 Å². The highest BCUT2D eigenvalue weighted by Crippen LogP contribution is 2.16. The average molecular weight is 241 g/mol. The second kappa shape index (κ2) is 4.91. The van der Waals surface area contributed by atoms with Gasteiger partial charge in [0, 0.05) is 39.0 Å². The van der Waals surface area contributed by atoms with Crippen molar-refractivity contribution >= 4 is 12.0 Å². The third kappa shape index (κ3) is 2.88. The van der Waals surface area contributed by atoms with E-state index in [-0.39, 0.29) is 24.1 Å². The summed E-state index contributed by atoms with van der Waals surface area (Å²) in [5.41, 5.74) is 5.73. The minimum absolute atomic E-state index is 0.0340. The Morgan fingerprint density at radius 1 is 1.18 bits per heavy atom. The van der Waals surface area contributed by atoms with Crippen molar-refractivity contribution in [2.75, 3.05) is 26.2 Å². The number of carbonyl (C=O) groups is 2. The Morgan fingerprint density at radius 3 is 2.41 bits per heavy atom. The lowest BCUT2D eigenvalue weighted by molar-refractivity contribution is -0.128. The monoisotopic (exact) mass is 241 g/mol. The minimum atomic E-state index is -0.298. The SMILES string of the molecule is CC(=O)N1CCC(OC(=O)N2CCC(N)C2)C1. The van der Waals surface area contributed by atoms with Gasteiger partial charge in [-0.1, -0.05) is 0 Å². The van der Waals surface area contributed by atoms with E-state index in [0.29, 0.717) is 26.2 Å². The van der Waals surface area contributed by atoms with E-state index in [9.17, 15) is 9.59 Å². The highest BCUT2D eigenvalue weighted by molar-refractivity contribution is 5.73. The summed E-state index contributed by atoms with van der Waals surface area (Å²) in [6.45, 7) is 3.96. The number of hydrogen-bond donors (Lipinski definition) is 1. The largest absolute Gasteiger partial charge is 0.444 e. The van der Waals surface area contributed by atoms with Crippen LogP contribution in [0.15, 0.2) is 0 Å². The van der Waals surface area contributed by atoms with E-state index in [0.717, 1.165) is 12.8 Å². The first-order valence-electron chi connectivity index (χ1n) is 6.03. The summed E-state index contributed by atoms with van der Waals surface area (Å²) in [7, 11) is 0. The Bertz CT molecular complexity index is 321. The fourth-order valence-corrected chi connectivity index (χ4v) is 2.28. The lowest BCUT2D eigenvalue weighted by Gasteiger charge is -2.19. The molecule has 2 N–H and O–H groups in total. The molecule has 17 heavy (non-hydrogen) atoms. The van der Waals surface area contributed by atoms with Crippen LogP contribution in [0.2, 0.25) is 0 Å². The third-order valence-electron chi connectivity index (χ3n) is 3.34. The predicted molar refractivity (Wildman–Crippen MR) is 61.3 cm³/mol. The molecule has 2 atom stereocenters. The maximum absolute atomic E-state index is 11.8. The zero-order valence-electron chi connectivity index (χ0n) is 10.1. The number of likely N-dealkylation sites (tertiary alicyclic amines) is 2. The molecule has 0 aliphatic carbocycles. The fraction of sp³-hybridized carbons (Fsp3) is 0.818. The first-order valence-corrected chi connectivity index (χ1v) is 6.03. The highest BCUT2D eigenvalue weighted by atomic mass is 16.6. The van der Waals surface area contributed by atoms with Crippen LogP contribution in [0, 0.1) is 0 Å². The lowest BCUT2D eigenvalue weighted by Crippen LogP contribution is -2.36. The van der Waals surface area contributed by atoms with Gasteiger partial charge in [-0.05, 0) is 6.42 Å². The van der Waals surface area contributed by atoms with Crippen LogP contribution in [0.5, 0.6) is 0 Å². The smallest absolute Gasteiger partial charge is 0.410 e. The molecular weight excluding hydrogens is 222 g/mol. The van der Waals surface area contributed by atoms with E-state index < -0.39 is 0 Å². The summed E-state index contributed by atoms with van der Waals surface area (Å²) < 4.78 is 5.36. The number of carbonyl (C=O) groups excluding carboxylic acids is 2. The second-order valence-corrected chi connectivity index (χ2v) is 4.75. The number of amides is 2. The van der Waals surface area contributed by atoms with Gasteiger partial charge in [-0.2, -0.15) is 0 Å². The molecule has 2 unspecified atom stereocenters. The molecular formula is C11H19N3O3. The summed E-state index contributed by atoms with van der Waals surface area (Å²) in [4.78, 5) is 26.2. The molecule has 2 aliphatic heterocycles. The van der Waals surface area contributed by atoms with Crippen LogP contribution in [-0.2, 0) is 9.53 Å². The molecule has 0 saturated carbocycles. The Balaban J connectivity index is 1.78.